The van der Waals surface area contributed by atoms with Gasteiger partial charge in [-0.25, -0.2) is 9.07 Å². The third-order valence-electron chi connectivity index (χ3n) is 3.35. The SMILES string of the molecule is Cc1ccccc1NC(=O)CSc1nn(-c2ccc(F)cc2)c(=S)s1. The maximum absolute atomic E-state index is 13.0. The van der Waals surface area contributed by atoms with Crippen molar-refractivity contribution < 1.29 is 9.18 Å². The van der Waals surface area contributed by atoms with Gasteiger partial charge in [0.05, 0.1) is 11.4 Å². The summed E-state index contributed by atoms with van der Waals surface area (Å²) in [6.45, 7) is 1.94. The van der Waals surface area contributed by atoms with Gasteiger partial charge >= 0.3 is 0 Å². The van der Waals surface area contributed by atoms with E-state index >= 15 is 0 Å². The minimum Gasteiger partial charge on any atom is -0.325 e. The number of hydrogen-bond acceptors (Lipinski definition) is 5. The molecule has 0 aliphatic carbocycles. The molecule has 25 heavy (non-hydrogen) atoms. The minimum absolute atomic E-state index is 0.103. The van der Waals surface area contributed by atoms with Gasteiger partial charge in [0.15, 0.2) is 8.29 Å². The third-order valence-corrected chi connectivity index (χ3v) is 5.71. The Kier molecular flexibility index (Phi) is 5.62. The number of aromatic nitrogens is 2. The van der Waals surface area contributed by atoms with Crippen molar-refractivity contribution in [2.45, 2.75) is 11.3 Å². The van der Waals surface area contributed by atoms with Crippen LogP contribution in [0.5, 0.6) is 0 Å². The second kappa shape index (κ2) is 7.90. The number of anilines is 1. The van der Waals surface area contributed by atoms with Crippen molar-refractivity contribution in [1.82, 2.24) is 9.78 Å². The number of carbonyl (C=O) groups is 1. The summed E-state index contributed by atoms with van der Waals surface area (Å²) >= 11 is 7.94. The number of benzene rings is 2. The van der Waals surface area contributed by atoms with Crippen LogP contribution in [0.25, 0.3) is 5.69 Å². The first-order valence-electron chi connectivity index (χ1n) is 7.37. The second-order valence-corrected chi connectivity index (χ2v) is 8.02. The van der Waals surface area contributed by atoms with Gasteiger partial charge in [0, 0.05) is 5.69 Å². The first kappa shape index (κ1) is 17.8. The van der Waals surface area contributed by atoms with Crippen LogP contribution in [0.1, 0.15) is 5.56 Å². The van der Waals surface area contributed by atoms with Crippen LogP contribution in [0.2, 0.25) is 0 Å². The molecule has 1 heterocycles. The van der Waals surface area contributed by atoms with Crippen molar-refractivity contribution in [1.29, 1.82) is 0 Å². The molecule has 0 aliphatic heterocycles. The van der Waals surface area contributed by atoms with Gasteiger partial charge in [0.2, 0.25) is 5.91 Å². The molecular formula is C17H14FN3OS3. The van der Waals surface area contributed by atoms with E-state index in [0.717, 1.165) is 11.3 Å². The van der Waals surface area contributed by atoms with E-state index in [9.17, 15) is 9.18 Å². The predicted molar refractivity (Wildman–Crippen MR) is 103 cm³/mol. The number of amides is 1. The van der Waals surface area contributed by atoms with Crippen LogP contribution >= 0.6 is 35.3 Å². The lowest BCUT2D eigenvalue weighted by molar-refractivity contribution is -0.113. The molecule has 1 aromatic heterocycles. The van der Waals surface area contributed by atoms with Gasteiger partial charge in [-0.15, -0.1) is 5.10 Å². The molecule has 3 aromatic rings. The van der Waals surface area contributed by atoms with Crippen molar-refractivity contribution in [3.05, 3.63) is 63.9 Å². The highest BCUT2D eigenvalue weighted by Crippen LogP contribution is 2.24. The molecule has 3 rings (SSSR count). The molecule has 0 saturated heterocycles. The summed E-state index contributed by atoms with van der Waals surface area (Å²) in [5.74, 6) is -0.179. The van der Waals surface area contributed by atoms with Crippen molar-refractivity contribution in [2.75, 3.05) is 11.1 Å². The Hall–Kier alpha value is -2.03. The predicted octanol–water partition coefficient (Wildman–Crippen LogP) is 4.84. The quantitative estimate of drug-likeness (QED) is 0.499. The van der Waals surface area contributed by atoms with Gasteiger partial charge in [-0.2, -0.15) is 0 Å². The molecule has 0 saturated carbocycles. The van der Waals surface area contributed by atoms with Crippen LogP contribution in [-0.4, -0.2) is 21.4 Å². The standard InChI is InChI=1S/C17H14FN3OS3/c1-11-4-2-3-5-14(11)19-15(22)10-24-16-20-21(17(23)25-16)13-8-6-12(18)7-9-13/h2-9H,10H2,1H3,(H,19,22). The topological polar surface area (TPSA) is 46.9 Å². The number of para-hydroxylation sites is 1. The number of nitrogens with zero attached hydrogens (tertiary/aromatic N) is 2. The average molecular weight is 392 g/mol. The fourth-order valence-corrected chi connectivity index (χ4v) is 4.25. The van der Waals surface area contributed by atoms with E-state index in [1.165, 1.54) is 35.2 Å². The Morgan fingerprint density at radius 1 is 1.28 bits per heavy atom. The summed E-state index contributed by atoms with van der Waals surface area (Å²) in [5.41, 5.74) is 2.51. The van der Waals surface area contributed by atoms with E-state index in [-0.39, 0.29) is 17.5 Å². The maximum atomic E-state index is 13.0. The molecule has 0 radical (unpaired) electrons. The van der Waals surface area contributed by atoms with Gasteiger partial charge in [-0.1, -0.05) is 41.3 Å². The number of rotatable bonds is 5. The smallest absolute Gasteiger partial charge is 0.234 e. The number of hydrogen-bond donors (Lipinski definition) is 1. The highest BCUT2D eigenvalue weighted by molar-refractivity contribution is 8.01. The van der Waals surface area contributed by atoms with Crippen molar-refractivity contribution in [3.63, 3.8) is 0 Å². The molecule has 8 heteroatoms. The lowest BCUT2D eigenvalue weighted by Gasteiger charge is -2.06. The first-order chi connectivity index (χ1) is 12.0. The van der Waals surface area contributed by atoms with E-state index in [2.05, 4.69) is 10.4 Å². The van der Waals surface area contributed by atoms with Gasteiger partial charge < -0.3 is 5.32 Å². The summed E-state index contributed by atoms with van der Waals surface area (Å²) in [6, 6.07) is 13.6. The Labute approximate surface area is 157 Å². The molecule has 1 N–H and O–H groups in total. The molecule has 128 valence electrons. The van der Waals surface area contributed by atoms with Crippen molar-refractivity contribution >= 4 is 46.9 Å². The number of thioether (sulfide) groups is 1. The summed E-state index contributed by atoms with van der Waals surface area (Å²) in [4.78, 5) is 12.1. The highest BCUT2D eigenvalue weighted by atomic mass is 32.2. The lowest BCUT2D eigenvalue weighted by Crippen LogP contribution is -2.14. The zero-order valence-corrected chi connectivity index (χ0v) is 15.7. The fourth-order valence-electron chi connectivity index (χ4n) is 2.09. The molecule has 0 unspecified atom stereocenters. The fraction of sp³-hybridized carbons (Fsp3) is 0.118. The zero-order valence-electron chi connectivity index (χ0n) is 13.2. The summed E-state index contributed by atoms with van der Waals surface area (Å²) in [7, 11) is 0. The minimum atomic E-state index is -0.312. The maximum Gasteiger partial charge on any atom is 0.234 e. The summed E-state index contributed by atoms with van der Waals surface area (Å²) < 4.78 is 15.8. The summed E-state index contributed by atoms with van der Waals surface area (Å²) in [5, 5.41) is 7.28. The molecule has 0 aliphatic rings. The summed E-state index contributed by atoms with van der Waals surface area (Å²) in [6.07, 6.45) is 0. The van der Waals surface area contributed by atoms with E-state index in [4.69, 9.17) is 12.2 Å². The average Bonchev–Trinajstić information content (AvgIpc) is 2.97. The zero-order chi connectivity index (χ0) is 17.8. The number of aryl methyl sites for hydroxylation is 1. The number of halogens is 1. The monoisotopic (exact) mass is 391 g/mol. The van der Waals surface area contributed by atoms with Crippen LogP contribution in [0, 0.1) is 16.7 Å². The Morgan fingerprint density at radius 3 is 2.72 bits per heavy atom. The van der Waals surface area contributed by atoms with Crippen LogP contribution in [0.3, 0.4) is 0 Å². The van der Waals surface area contributed by atoms with Gasteiger partial charge in [-0.05, 0) is 55.0 Å². The van der Waals surface area contributed by atoms with Crippen LogP contribution in [0.15, 0.2) is 52.9 Å². The molecule has 0 spiro atoms. The van der Waals surface area contributed by atoms with E-state index in [0.29, 0.717) is 14.0 Å². The van der Waals surface area contributed by atoms with Gasteiger partial charge in [0.1, 0.15) is 5.82 Å². The first-order valence-corrected chi connectivity index (χ1v) is 9.58. The molecule has 4 nitrogen and oxygen atoms in total. The lowest BCUT2D eigenvalue weighted by atomic mass is 10.2. The van der Waals surface area contributed by atoms with Crippen molar-refractivity contribution in [2.24, 2.45) is 0 Å². The Balaban J connectivity index is 1.65. The second-order valence-electron chi connectivity index (χ2n) is 5.17. The van der Waals surface area contributed by atoms with Crippen LogP contribution in [-0.2, 0) is 4.79 Å². The number of carbonyl (C=O) groups excluding carboxylic acids is 1. The van der Waals surface area contributed by atoms with E-state index < -0.39 is 0 Å². The normalized spacial score (nSPS) is 10.6. The molecular weight excluding hydrogens is 377 g/mol. The van der Waals surface area contributed by atoms with E-state index in [1.54, 1.807) is 16.8 Å². The van der Waals surface area contributed by atoms with Crippen molar-refractivity contribution in [3.8, 4) is 5.69 Å². The van der Waals surface area contributed by atoms with Crippen LogP contribution < -0.4 is 5.32 Å². The molecule has 0 bridgehead atoms. The molecule has 0 atom stereocenters. The van der Waals surface area contributed by atoms with Gasteiger partial charge in [-0.3, -0.25) is 4.79 Å². The molecule has 0 fully saturated rings. The number of nitrogens with one attached hydrogen (secondary N) is 1. The van der Waals surface area contributed by atoms with E-state index in [1.807, 2.05) is 31.2 Å². The molecule has 1 amide bonds. The largest absolute Gasteiger partial charge is 0.325 e. The van der Waals surface area contributed by atoms with Gasteiger partial charge in [0.25, 0.3) is 0 Å². The third kappa shape index (κ3) is 4.53. The molecule has 2 aromatic carbocycles. The highest BCUT2D eigenvalue weighted by Gasteiger charge is 2.10. The Bertz CT molecular complexity index is 950. The Morgan fingerprint density at radius 2 is 2.00 bits per heavy atom. The van der Waals surface area contributed by atoms with Crippen LogP contribution in [0.4, 0.5) is 10.1 Å².